The van der Waals surface area contributed by atoms with Crippen molar-refractivity contribution in [1.82, 2.24) is 4.90 Å². The summed E-state index contributed by atoms with van der Waals surface area (Å²) < 4.78 is 0.815. The Balaban J connectivity index is 0.00000121. The van der Waals surface area contributed by atoms with Gasteiger partial charge in [0.15, 0.2) is 0 Å². The second-order valence-corrected chi connectivity index (χ2v) is 3.00. The molecule has 1 aliphatic rings. The molecule has 0 saturated carbocycles. The van der Waals surface area contributed by atoms with E-state index in [9.17, 15) is 0 Å². The van der Waals surface area contributed by atoms with Crippen molar-refractivity contribution in [2.45, 2.75) is 0 Å². The third kappa shape index (κ3) is 2.59. The van der Waals surface area contributed by atoms with Gasteiger partial charge >= 0.3 is 0 Å². The van der Waals surface area contributed by atoms with E-state index in [1.165, 1.54) is 0 Å². The van der Waals surface area contributed by atoms with Crippen LogP contribution in [0, 0.1) is 18.5 Å². The molecular formula is C9H7BrNY-. The van der Waals surface area contributed by atoms with E-state index < -0.39 is 0 Å². The molecule has 0 unspecified atom stereocenters. The minimum absolute atomic E-state index is 0. The first-order valence-electron chi connectivity index (χ1n) is 3.05. The molecule has 1 rings (SSSR count). The molecule has 59 valence electrons. The van der Waals surface area contributed by atoms with Crippen LogP contribution in [0.4, 0.5) is 0 Å². The Morgan fingerprint density at radius 1 is 1.75 bits per heavy atom. The summed E-state index contributed by atoms with van der Waals surface area (Å²) in [5.41, 5.74) is 1.60. The number of hydrogen-bond donors (Lipinski definition) is 0. The van der Waals surface area contributed by atoms with Gasteiger partial charge in [-0.2, -0.15) is 0 Å². The summed E-state index contributed by atoms with van der Waals surface area (Å²) in [4.78, 5) is 1.77. The number of nitrogens with zero attached hydrogens (tertiary/aromatic N) is 1. The standard InChI is InChI=1S/C9H7BrN.Y/c1-4-8-5-11(3)6-9(10)7(8)2;/h1,5H,2H2,3H3;/q-1;. The third-order valence-corrected chi connectivity index (χ3v) is 2.00. The molecule has 1 heterocycles. The molecule has 1 nitrogen and oxygen atoms in total. The monoisotopic (exact) mass is 297 g/mol. The average Bonchev–Trinajstić information content (AvgIpc) is 1.96. The third-order valence-electron chi connectivity index (χ3n) is 1.34. The number of halogens is 1. The zero-order valence-electron chi connectivity index (χ0n) is 6.76. The van der Waals surface area contributed by atoms with Crippen molar-refractivity contribution in [3.05, 3.63) is 34.6 Å². The number of hydrogen-bond acceptors (Lipinski definition) is 1. The first kappa shape index (κ1) is 12.2. The number of terminal acetylenes is 1. The van der Waals surface area contributed by atoms with E-state index >= 15 is 0 Å². The predicted molar refractivity (Wildman–Crippen MR) is 49.5 cm³/mol. The van der Waals surface area contributed by atoms with Gasteiger partial charge in [-0.25, -0.2) is 0 Å². The van der Waals surface area contributed by atoms with E-state index in [1.54, 1.807) is 4.90 Å². The summed E-state index contributed by atoms with van der Waals surface area (Å²) in [6, 6.07) is 0. The fourth-order valence-electron chi connectivity index (χ4n) is 0.769. The smallest absolute Gasteiger partial charge is 0 e. The molecule has 0 atom stereocenters. The molecule has 0 aromatic rings. The first-order valence-corrected chi connectivity index (χ1v) is 3.84. The van der Waals surface area contributed by atoms with Gasteiger partial charge in [0.2, 0.25) is 0 Å². The first-order chi connectivity index (χ1) is 5.15. The molecule has 0 amide bonds. The predicted octanol–water partition coefficient (Wildman–Crippen LogP) is 2.04. The van der Waals surface area contributed by atoms with Gasteiger partial charge in [0.25, 0.3) is 0 Å². The van der Waals surface area contributed by atoms with Crippen LogP contribution >= 0.6 is 15.9 Å². The van der Waals surface area contributed by atoms with Gasteiger partial charge in [-0.05, 0) is 7.05 Å². The topological polar surface area (TPSA) is 3.24 Å². The van der Waals surface area contributed by atoms with E-state index in [-0.39, 0.29) is 32.7 Å². The number of rotatable bonds is 0. The van der Waals surface area contributed by atoms with Gasteiger partial charge in [-0.3, -0.25) is 0 Å². The molecule has 0 spiro atoms. The Kier molecular flexibility index (Phi) is 5.08. The molecular weight excluding hydrogens is 291 g/mol. The summed E-state index contributed by atoms with van der Waals surface area (Å²) in [6.45, 7) is 3.80. The molecule has 12 heavy (non-hydrogen) atoms. The minimum atomic E-state index is 0. The van der Waals surface area contributed by atoms with Crippen LogP contribution < -0.4 is 0 Å². The average molecular weight is 298 g/mol. The second-order valence-electron chi connectivity index (χ2n) is 2.20. The fraction of sp³-hybridized carbons (Fsp3) is 0.111. The molecule has 0 saturated heterocycles. The normalized spacial score (nSPS) is 15.8. The summed E-state index contributed by atoms with van der Waals surface area (Å²) in [5, 5.41) is 0. The van der Waals surface area contributed by atoms with E-state index in [4.69, 9.17) is 6.42 Å². The zero-order valence-corrected chi connectivity index (χ0v) is 11.2. The molecule has 0 N–H and O–H groups in total. The van der Waals surface area contributed by atoms with Gasteiger partial charge in [-0.15, -0.1) is 18.6 Å². The van der Waals surface area contributed by atoms with Crippen molar-refractivity contribution in [2.24, 2.45) is 0 Å². The number of allylic oxidation sites excluding steroid dienone is 3. The van der Waals surface area contributed by atoms with Crippen LogP contribution in [0.1, 0.15) is 0 Å². The van der Waals surface area contributed by atoms with Gasteiger partial charge in [0.05, 0.1) is 0 Å². The Morgan fingerprint density at radius 2 is 2.33 bits per heavy atom. The molecule has 1 radical (unpaired) electrons. The van der Waals surface area contributed by atoms with Gasteiger partial charge in [0.1, 0.15) is 0 Å². The van der Waals surface area contributed by atoms with Crippen molar-refractivity contribution in [1.29, 1.82) is 0 Å². The second kappa shape index (κ2) is 5.02. The summed E-state index contributed by atoms with van der Waals surface area (Å²) in [6.07, 6.45) is 10.1. The van der Waals surface area contributed by atoms with Crippen molar-refractivity contribution in [3.8, 4) is 12.3 Å². The van der Waals surface area contributed by atoms with E-state index in [2.05, 4.69) is 34.6 Å². The van der Waals surface area contributed by atoms with Crippen molar-refractivity contribution < 1.29 is 32.7 Å². The van der Waals surface area contributed by atoms with Crippen LogP contribution in [0.15, 0.2) is 28.4 Å². The molecule has 0 fully saturated rings. The molecule has 0 aromatic carbocycles. The van der Waals surface area contributed by atoms with Gasteiger partial charge in [0, 0.05) is 32.7 Å². The van der Waals surface area contributed by atoms with Gasteiger partial charge < -0.3 is 4.90 Å². The Hall–Kier alpha value is 0.164. The van der Waals surface area contributed by atoms with Crippen LogP contribution in [0.3, 0.4) is 0 Å². The van der Waals surface area contributed by atoms with Crippen LogP contribution in [0.5, 0.6) is 0 Å². The summed E-state index contributed by atoms with van der Waals surface area (Å²) in [5.74, 6) is 2.54. The van der Waals surface area contributed by atoms with Crippen LogP contribution in [-0.4, -0.2) is 11.9 Å². The van der Waals surface area contributed by atoms with Crippen LogP contribution in [0.2, 0.25) is 0 Å². The van der Waals surface area contributed by atoms with Crippen LogP contribution in [-0.2, 0) is 32.7 Å². The molecule has 3 heteroatoms. The zero-order chi connectivity index (χ0) is 8.43. The summed E-state index contributed by atoms with van der Waals surface area (Å²) >= 11 is 3.30. The van der Waals surface area contributed by atoms with Crippen molar-refractivity contribution in [2.75, 3.05) is 7.05 Å². The quantitative estimate of drug-likeness (QED) is 0.489. The maximum Gasteiger partial charge on any atom is 0 e. The van der Waals surface area contributed by atoms with Crippen molar-refractivity contribution in [3.63, 3.8) is 0 Å². The summed E-state index contributed by atoms with van der Waals surface area (Å²) in [7, 11) is 1.87. The fourth-order valence-corrected chi connectivity index (χ4v) is 1.26. The molecule has 0 bridgehead atoms. The Labute approximate surface area is 107 Å². The molecule has 1 aliphatic heterocycles. The molecule has 0 aromatic heterocycles. The van der Waals surface area contributed by atoms with E-state index in [0.29, 0.717) is 0 Å². The molecule has 0 aliphatic carbocycles. The van der Waals surface area contributed by atoms with Crippen LogP contribution in [0.25, 0.3) is 0 Å². The Morgan fingerprint density at radius 3 is 2.83 bits per heavy atom. The van der Waals surface area contributed by atoms with Gasteiger partial charge in [-0.1, -0.05) is 44.3 Å². The maximum absolute atomic E-state index is 5.25. The SMILES string of the molecule is C#CC1=CN(C)[C-]=C(Br)C1=C.[Y]. The van der Waals surface area contributed by atoms with E-state index in [0.717, 1.165) is 15.6 Å². The minimum Gasteiger partial charge on any atom is -0.462 e. The largest absolute Gasteiger partial charge is 0.462 e. The van der Waals surface area contributed by atoms with E-state index in [1.807, 2.05) is 13.2 Å². The maximum atomic E-state index is 5.25. The Bertz CT molecular complexity index is 296. The van der Waals surface area contributed by atoms with Crippen molar-refractivity contribution >= 4 is 15.9 Å².